The quantitative estimate of drug-likeness (QED) is 0.565. The average Bonchev–Trinajstić information content (AvgIpc) is 3.23. The van der Waals surface area contributed by atoms with Gasteiger partial charge < -0.3 is 0 Å². The van der Waals surface area contributed by atoms with E-state index >= 15 is 0 Å². The van der Waals surface area contributed by atoms with E-state index in [1.165, 1.54) is 11.3 Å². The number of hydrogen-bond donors (Lipinski definition) is 2. The summed E-state index contributed by atoms with van der Waals surface area (Å²) >= 11 is 11.4. The lowest BCUT2D eigenvalue weighted by molar-refractivity contribution is 0.844. The minimum Gasteiger partial charge on any atom is -0.282 e. The zero-order chi connectivity index (χ0) is 15.8. The maximum atomic E-state index is 6.15. The summed E-state index contributed by atoms with van der Waals surface area (Å²) in [6.07, 6.45) is 4.82. The minimum absolute atomic E-state index is 0.415. The molecule has 1 aliphatic rings. The standard InChI is InChI=1S/C15H13ClN6S/c16-11-6-2-1-4-9(11)8-17-22-14(20-21-15(22)23)13-10-5-3-7-12(10)18-19-13/h1-2,4,6,8H,3,5,7H2,(H,18,19)(H,21,23). The molecule has 116 valence electrons. The van der Waals surface area contributed by atoms with Gasteiger partial charge in [-0.1, -0.05) is 29.8 Å². The molecule has 0 saturated heterocycles. The second-order valence-electron chi connectivity index (χ2n) is 5.31. The summed E-state index contributed by atoms with van der Waals surface area (Å²) in [5.41, 5.74) is 4.00. The van der Waals surface area contributed by atoms with Crippen molar-refractivity contribution in [2.45, 2.75) is 19.3 Å². The molecule has 0 amide bonds. The molecule has 2 aromatic heterocycles. The molecule has 0 bridgehead atoms. The van der Waals surface area contributed by atoms with E-state index in [2.05, 4.69) is 25.5 Å². The van der Waals surface area contributed by atoms with Crippen molar-refractivity contribution in [1.82, 2.24) is 25.1 Å². The molecular formula is C15H13ClN6S. The second-order valence-corrected chi connectivity index (χ2v) is 6.11. The molecule has 0 radical (unpaired) electrons. The van der Waals surface area contributed by atoms with Crippen LogP contribution in [-0.4, -0.2) is 31.3 Å². The molecule has 0 spiro atoms. The molecule has 0 unspecified atom stereocenters. The van der Waals surface area contributed by atoms with E-state index in [0.717, 1.165) is 30.5 Å². The SMILES string of the molecule is S=c1[nH]nc(-c2n[nH]c3c2CCC3)n1N=Cc1ccccc1Cl. The molecule has 23 heavy (non-hydrogen) atoms. The van der Waals surface area contributed by atoms with E-state index in [0.29, 0.717) is 15.6 Å². The van der Waals surface area contributed by atoms with Crippen LogP contribution >= 0.6 is 23.8 Å². The molecule has 6 nitrogen and oxygen atoms in total. The van der Waals surface area contributed by atoms with Crippen molar-refractivity contribution in [1.29, 1.82) is 0 Å². The summed E-state index contributed by atoms with van der Waals surface area (Å²) in [5, 5.41) is 19.6. The van der Waals surface area contributed by atoms with Crippen molar-refractivity contribution in [3.63, 3.8) is 0 Å². The number of rotatable bonds is 3. The number of aromatic amines is 2. The van der Waals surface area contributed by atoms with Crippen LogP contribution in [0.5, 0.6) is 0 Å². The number of fused-ring (bicyclic) bond motifs is 1. The van der Waals surface area contributed by atoms with Gasteiger partial charge in [0.1, 0.15) is 5.69 Å². The molecule has 0 aliphatic heterocycles. The third-order valence-corrected chi connectivity index (χ3v) is 4.49. The third kappa shape index (κ3) is 2.51. The van der Waals surface area contributed by atoms with Gasteiger partial charge in [-0.25, -0.2) is 5.10 Å². The number of aryl methyl sites for hydroxylation is 1. The maximum Gasteiger partial charge on any atom is 0.216 e. The number of nitrogens with one attached hydrogen (secondary N) is 2. The van der Waals surface area contributed by atoms with Crippen molar-refractivity contribution >= 4 is 30.0 Å². The number of benzene rings is 1. The van der Waals surface area contributed by atoms with Crippen LogP contribution in [0.1, 0.15) is 23.2 Å². The number of aromatic nitrogens is 5. The molecule has 0 fully saturated rings. The fourth-order valence-corrected chi connectivity index (χ4v) is 3.12. The van der Waals surface area contributed by atoms with Gasteiger partial charge in [-0.05, 0) is 37.5 Å². The molecule has 1 aromatic carbocycles. The lowest BCUT2D eigenvalue weighted by Crippen LogP contribution is -1.97. The van der Waals surface area contributed by atoms with E-state index < -0.39 is 0 Å². The zero-order valence-corrected chi connectivity index (χ0v) is 13.7. The first-order valence-corrected chi connectivity index (χ1v) is 8.05. The van der Waals surface area contributed by atoms with Crippen LogP contribution < -0.4 is 0 Å². The van der Waals surface area contributed by atoms with Crippen molar-refractivity contribution < 1.29 is 0 Å². The van der Waals surface area contributed by atoms with Crippen LogP contribution in [0.25, 0.3) is 11.5 Å². The van der Waals surface area contributed by atoms with Gasteiger partial charge in [-0.3, -0.25) is 5.10 Å². The molecule has 2 heterocycles. The number of hydrogen-bond acceptors (Lipinski definition) is 4. The van der Waals surface area contributed by atoms with Gasteiger partial charge in [0.15, 0.2) is 0 Å². The average molecular weight is 345 g/mol. The van der Waals surface area contributed by atoms with Crippen molar-refractivity contribution in [3.8, 4) is 11.5 Å². The molecule has 8 heteroatoms. The largest absolute Gasteiger partial charge is 0.282 e. The van der Waals surface area contributed by atoms with E-state index in [1.807, 2.05) is 24.3 Å². The fourth-order valence-electron chi connectivity index (χ4n) is 2.76. The van der Waals surface area contributed by atoms with Crippen LogP contribution in [0.15, 0.2) is 29.4 Å². The first kappa shape index (κ1) is 14.3. The summed E-state index contributed by atoms with van der Waals surface area (Å²) < 4.78 is 1.99. The van der Waals surface area contributed by atoms with Crippen LogP contribution in [0.4, 0.5) is 0 Å². The Morgan fingerprint density at radius 1 is 1.22 bits per heavy atom. The van der Waals surface area contributed by atoms with Crippen LogP contribution in [0.2, 0.25) is 5.02 Å². The summed E-state index contributed by atoms with van der Waals surface area (Å²) in [6.45, 7) is 0. The van der Waals surface area contributed by atoms with Gasteiger partial charge >= 0.3 is 0 Å². The molecular weight excluding hydrogens is 332 g/mol. The van der Waals surface area contributed by atoms with Crippen LogP contribution in [-0.2, 0) is 12.8 Å². The maximum absolute atomic E-state index is 6.15. The van der Waals surface area contributed by atoms with Crippen molar-refractivity contribution in [3.05, 3.63) is 50.9 Å². The minimum atomic E-state index is 0.415. The summed E-state index contributed by atoms with van der Waals surface area (Å²) in [5.74, 6) is 0.609. The topological polar surface area (TPSA) is 74.7 Å². The van der Waals surface area contributed by atoms with E-state index in [1.54, 1.807) is 10.9 Å². The number of halogens is 1. The smallest absolute Gasteiger partial charge is 0.216 e. The summed E-state index contributed by atoms with van der Waals surface area (Å²) in [6, 6.07) is 7.49. The third-order valence-electron chi connectivity index (χ3n) is 3.89. The fraction of sp³-hybridized carbons (Fsp3) is 0.200. The van der Waals surface area contributed by atoms with Gasteiger partial charge in [-0.2, -0.15) is 20.0 Å². The summed E-state index contributed by atoms with van der Waals surface area (Å²) in [4.78, 5) is 0. The van der Waals surface area contributed by atoms with E-state index in [9.17, 15) is 0 Å². The van der Waals surface area contributed by atoms with Gasteiger partial charge in [0.05, 0.1) is 6.21 Å². The predicted octanol–water partition coefficient (Wildman–Crippen LogP) is 3.36. The summed E-state index contributed by atoms with van der Waals surface area (Å²) in [7, 11) is 0. The molecule has 1 aliphatic carbocycles. The highest BCUT2D eigenvalue weighted by molar-refractivity contribution is 7.71. The first-order valence-electron chi connectivity index (χ1n) is 7.27. The predicted molar refractivity (Wildman–Crippen MR) is 91.5 cm³/mol. The molecule has 4 rings (SSSR count). The Morgan fingerprint density at radius 3 is 2.96 bits per heavy atom. The first-order chi connectivity index (χ1) is 11.2. The van der Waals surface area contributed by atoms with E-state index in [4.69, 9.17) is 23.8 Å². The Labute approximate surface area is 142 Å². The Hall–Kier alpha value is -2.25. The second kappa shape index (κ2) is 5.75. The van der Waals surface area contributed by atoms with Gasteiger partial charge in [0.25, 0.3) is 0 Å². The van der Waals surface area contributed by atoms with Gasteiger partial charge in [-0.15, -0.1) is 0 Å². The number of nitrogens with zero attached hydrogens (tertiary/aromatic N) is 4. The van der Waals surface area contributed by atoms with Crippen LogP contribution in [0.3, 0.4) is 0 Å². The van der Waals surface area contributed by atoms with Gasteiger partial charge in [0.2, 0.25) is 10.6 Å². The van der Waals surface area contributed by atoms with Crippen molar-refractivity contribution in [2.24, 2.45) is 5.10 Å². The molecule has 3 aromatic rings. The normalized spacial score (nSPS) is 13.8. The highest BCUT2D eigenvalue weighted by Gasteiger charge is 2.23. The Kier molecular flexibility index (Phi) is 3.59. The monoisotopic (exact) mass is 344 g/mol. The molecule has 0 saturated carbocycles. The Morgan fingerprint density at radius 2 is 2.09 bits per heavy atom. The Balaban J connectivity index is 1.77. The molecule has 0 atom stereocenters. The highest BCUT2D eigenvalue weighted by atomic mass is 35.5. The lowest BCUT2D eigenvalue weighted by atomic mass is 10.2. The lowest BCUT2D eigenvalue weighted by Gasteiger charge is -2.00. The molecule has 2 N–H and O–H groups in total. The van der Waals surface area contributed by atoms with E-state index in [-0.39, 0.29) is 0 Å². The zero-order valence-electron chi connectivity index (χ0n) is 12.1. The number of H-pyrrole nitrogens is 2. The van der Waals surface area contributed by atoms with Gasteiger partial charge in [0, 0.05) is 21.8 Å². The van der Waals surface area contributed by atoms with Crippen molar-refractivity contribution in [2.75, 3.05) is 0 Å². The highest BCUT2D eigenvalue weighted by Crippen LogP contribution is 2.29. The Bertz CT molecular complexity index is 951. The van der Waals surface area contributed by atoms with Crippen LogP contribution in [0, 0.1) is 4.77 Å².